The molecule has 6 heteroatoms. The summed E-state index contributed by atoms with van der Waals surface area (Å²) >= 11 is 1.54. The quantitative estimate of drug-likeness (QED) is 0.632. The van der Waals surface area contributed by atoms with Gasteiger partial charge >= 0.3 is 0 Å². The van der Waals surface area contributed by atoms with E-state index in [1.165, 1.54) is 22.9 Å². The monoisotopic (exact) mass is 393 g/mol. The number of amides is 1. The standard InChI is InChI=1S/C22H23N3O2S/c1-14-19(15(2)27-25-14)13-28-22-18(10-6-12-23-22)21(26)24-20-11-5-8-16-7-3-4-9-17(16)20/h3-4,6-7,9-10,12,20H,5,8,11,13H2,1-2H3,(H,24,26). The molecular formula is C22H23N3O2S. The molecule has 0 bridgehead atoms. The molecule has 4 rings (SSSR count). The number of carbonyl (C=O) groups excluding carboxylic acids is 1. The number of fused-ring (bicyclic) bond motifs is 1. The van der Waals surface area contributed by atoms with Gasteiger partial charge in [0.25, 0.3) is 5.91 Å². The summed E-state index contributed by atoms with van der Waals surface area (Å²) in [6, 6.07) is 12.1. The number of rotatable bonds is 5. The first-order valence-corrected chi connectivity index (χ1v) is 10.5. The average molecular weight is 394 g/mol. The van der Waals surface area contributed by atoms with E-state index in [-0.39, 0.29) is 11.9 Å². The van der Waals surface area contributed by atoms with E-state index in [1.807, 2.05) is 32.0 Å². The van der Waals surface area contributed by atoms with Gasteiger partial charge in [0.15, 0.2) is 0 Å². The van der Waals surface area contributed by atoms with Gasteiger partial charge in [0.1, 0.15) is 10.8 Å². The van der Waals surface area contributed by atoms with Gasteiger partial charge in [0.2, 0.25) is 0 Å². The Morgan fingerprint density at radius 2 is 2.11 bits per heavy atom. The number of hydrogen-bond acceptors (Lipinski definition) is 5. The molecule has 1 aliphatic carbocycles. The first-order chi connectivity index (χ1) is 13.6. The van der Waals surface area contributed by atoms with E-state index in [9.17, 15) is 4.79 Å². The molecule has 5 nitrogen and oxygen atoms in total. The number of thioether (sulfide) groups is 1. The van der Waals surface area contributed by atoms with Gasteiger partial charge in [-0.2, -0.15) is 0 Å². The van der Waals surface area contributed by atoms with Crippen molar-refractivity contribution in [2.75, 3.05) is 0 Å². The third-order valence-electron chi connectivity index (χ3n) is 5.22. The fourth-order valence-corrected chi connectivity index (χ4v) is 4.81. The van der Waals surface area contributed by atoms with Gasteiger partial charge in [-0.15, -0.1) is 11.8 Å². The number of hydrogen-bond donors (Lipinski definition) is 1. The molecule has 3 aromatic rings. The van der Waals surface area contributed by atoms with Crippen molar-refractivity contribution in [2.45, 2.75) is 49.9 Å². The Labute approximate surface area is 168 Å². The lowest BCUT2D eigenvalue weighted by atomic mass is 9.87. The molecule has 1 aliphatic rings. The summed E-state index contributed by atoms with van der Waals surface area (Å²) in [4.78, 5) is 17.5. The third-order valence-corrected chi connectivity index (χ3v) is 6.26. The maximum absolute atomic E-state index is 13.0. The molecule has 2 heterocycles. The van der Waals surface area contributed by atoms with Crippen LogP contribution >= 0.6 is 11.8 Å². The van der Waals surface area contributed by atoms with Crippen LogP contribution in [0.1, 0.15) is 57.4 Å². The van der Waals surface area contributed by atoms with Crippen LogP contribution in [0.2, 0.25) is 0 Å². The Morgan fingerprint density at radius 1 is 1.25 bits per heavy atom. The third kappa shape index (κ3) is 3.83. The van der Waals surface area contributed by atoms with Gasteiger partial charge in [-0.05, 0) is 56.4 Å². The summed E-state index contributed by atoms with van der Waals surface area (Å²) in [5, 5.41) is 7.95. The number of benzene rings is 1. The van der Waals surface area contributed by atoms with Crippen molar-refractivity contribution in [3.63, 3.8) is 0 Å². The van der Waals surface area contributed by atoms with Crippen LogP contribution in [0.15, 0.2) is 52.1 Å². The van der Waals surface area contributed by atoms with Gasteiger partial charge in [-0.25, -0.2) is 4.98 Å². The van der Waals surface area contributed by atoms with Gasteiger partial charge in [-0.3, -0.25) is 4.79 Å². The molecule has 2 aromatic heterocycles. The average Bonchev–Trinajstić information content (AvgIpc) is 3.04. The molecular weight excluding hydrogens is 370 g/mol. The van der Waals surface area contributed by atoms with E-state index in [0.29, 0.717) is 11.3 Å². The van der Waals surface area contributed by atoms with Crippen molar-refractivity contribution in [2.24, 2.45) is 0 Å². The molecule has 0 spiro atoms. The first kappa shape index (κ1) is 18.7. The fourth-order valence-electron chi connectivity index (χ4n) is 3.67. The summed E-state index contributed by atoms with van der Waals surface area (Å²) in [5.41, 5.74) is 5.12. The lowest BCUT2D eigenvalue weighted by Crippen LogP contribution is -2.31. The Bertz CT molecular complexity index is 979. The van der Waals surface area contributed by atoms with Crippen molar-refractivity contribution < 1.29 is 9.32 Å². The molecule has 1 atom stereocenters. The van der Waals surface area contributed by atoms with Crippen LogP contribution in [0, 0.1) is 13.8 Å². The molecule has 1 amide bonds. The van der Waals surface area contributed by atoms with Crippen molar-refractivity contribution in [1.82, 2.24) is 15.5 Å². The van der Waals surface area contributed by atoms with Crippen LogP contribution in [0.5, 0.6) is 0 Å². The number of pyridine rings is 1. The summed E-state index contributed by atoms with van der Waals surface area (Å²) in [7, 11) is 0. The van der Waals surface area contributed by atoms with E-state index in [0.717, 1.165) is 41.3 Å². The predicted molar refractivity (Wildman–Crippen MR) is 109 cm³/mol. The zero-order valence-electron chi connectivity index (χ0n) is 16.1. The van der Waals surface area contributed by atoms with Crippen molar-refractivity contribution in [3.8, 4) is 0 Å². The van der Waals surface area contributed by atoms with Crippen molar-refractivity contribution in [1.29, 1.82) is 0 Å². The normalized spacial score (nSPS) is 15.9. The lowest BCUT2D eigenvalue weighted by molar-refractivity contribution is 0.0929. The molecule has 1 N–H and O–H groups in total. The van der Waals surface area contributed by atoms with Crippen molar-refractivity contribution in [3.05, 3.63) is 76.3 Å². The van der Waals surface area contributed by atoms with Gasteiger partial charge in [0.05, 0.1) is 17.3 Å². The number of aromatic nitrogens is 2. The second-order valence-electron chi connectivity index (χ2n) is 7.06. The smallest absolute Gasteiger partial charge is 0.254 e. The Hall–Kier alpha value is -2.60. The second kappa shape index (κ2) is 8.19. The summed E-state index contributed by atoms with van der Waals surface area (Å²) in [6.45, 7) is 3.83. The van der Waals surface area contributed by atoms with Gasteiger partial charge in [-0.1, -0.05) is 29.4 Å². The lowest BCUT2D eigenvalue weighted by Gasteiger charge is -2.26. The number of carbonyl (C=O) groups is 1. The molecule has 1 unspecified atom stereocenters. The molecule has 0 fully saturated rings. The van der Waals surface area contributed by atoms with Crippen LogP contribution in [0.3, 0.4) is 0 Å². The highest BCUT2D eigenvalue weighted by Gasteiger charge is 2.23. The van der Waals surface area contributed by atoms with E-state index < -0.39 is 0 Å². The second-order valence-corrected chi connectivity index (χ2v) is 8.03. The molecule has 0 saturated heterocycles. The predicted octanol–water partition coefficient (Wildman–Crippen LogP) is 4.79. The van der Waals surface area contributed by atoms with E-state index in [1.54, 1.807) is 6.20 Å². The van der Waals surface area contributed by atoms with Crippen LogP contribution in [-0.4, -0.2) is 16.0 Å². The van der Waals surface area contributed by atoms with Crippen molar-refractivity contribution >= 4 is 17.7 Å². The molecule has 28 heavy (non-hydrogen) atoms. The highest BCUT2D eigenvalue weighted by molar-refractivity contribution is 7.98. The first-order valence-electron chi connectivity index (χ1n) is 9.51. The Balaban J connectivity index is 1.51. The molecule has 1 aromatic carbocycles. The van der Waals surface area contributed by atoms with Gasteiger partial charge in [0, 0.05) is 17.5 Å². The Kier molecular flexibility index (Phi) is 5.48. The minimum absolute atomic E-state index is 0.0538. The minimum Gasteiger partial charge on any atom is -0.361 e. The van der Waals surface area contributed by atoms with Crippen LogP contribution < -0.4 is 5.32 Å². The molecule has 0 saturated carbocycles. The largest absolute Gasteiger partial charge is 0.361 e. The maximum Gasteiger partial charge on any atom is 0.254 e. The highest BCUT2D eigenvalue weighted by atomic mass is 32.2. The highest BCUT2D eigenvalue weighted by Crippen LogP contribution is 2.31. The van der Waals surface area contributed by atoms with Gasteiger partial charge < -0.3 is 9.84 Å². The summed E-state index contributed by atoms with van der Waals surface area (Å²) in [6.07, 6.45) is 4.85. The van der Waals surface area contributed by atoms with E-state index in [2.05, 4.69) is 33.7 Å². The summed E-state index contributed by atoms with van der Waals surface area (Å²) in [5.74, 6) is 1.41. The number of nitrogens with one attached hydrogen (secondary N) is 1. The van der Waals surface area contributed by atoms with E-state index in [4.69, 9.17) is 4.52 Å². The van der Waals surface area contributed by atoms with E-state index >= 15 is 0 Å². The zero-order chi connectivity index (χ0) is 19.5. The summed E-state index contributed by atoms with van der Waals surface area (Å²) < 4.78 is 5.23. The molecule has 0 radical (unpaired) electrons. The fraction of sp³-hybridized carbons (Fsp3) is 0.318. The topological polar surface area (TPSA) is 68.0 Å². The van der Waals surface area contributed by atoms with Crippen LogP contribution in [-0.2, 0) is 12.2 Å². The minimum atomic E-state index is -0.0731. The zero-order valence-corrected chi connectivity index (χ0v) is 16.9. The maximum atomic E-state index is 13.0. The molecule has 144 valence electrons. The Morgan fingerprint density at radius 3 is 2.93 bits per heavy atom. The SMILES string of the molecule is Cc1noc(C)c1CSc1ncccc1C(=O)NC1CCCc2ccccc21. The van der Waals surface area contributed by atoms with Crippen LogP contribution in [0.25, 0.3) is 0 Å². The number of aryl methyl sites for hydroxylation is 3. The molecule has 0 aliphatic heterocycles. The van der Waals surface area contributed by atoms with Crippen LogP contribution in [0.4, 0.5) is 0 Å². The number of nitrogens with zero attached hydrogens (tertiary/aromatic N) is 2.